The second-order valence-corrected chi connectivity index (χ2v) is 9.32. The standard InChI is InChI=1S/C21H18ClN3O4S/c1-25-10-13(17(26)29-2)21(19(28)24-15-5-3-4-6-16(15)30-21)20(25)12-9-11(22)7-8-14(12)23-18(20)27/h3-9,13H,10H2,1-2H3,(H,23,27)(H,24,28)/t13-,20+,21-/m0/s1. The van der Waals surface area contributed by atoms with Crippen molar-refractivity contribution < 1.29 is 19.1 Å². The number of likely N-dealkylation sites (N-methyl/N-ethyl adjacent to an activating group) is 1. The summed E-state index contributed by atoms with van der Waals surface area (Å²) in [6.45, 7) is 0.175. The van der Waals surface area contributed by atoms with Crippen LogP contribution in [0.5, 0.6) is 0 Å². The van der Waals surface area contributed by atoms with Gasteiger partial charge in [-0.3, -0.25) is 19.3 Å². The third-order valence-corrected chi connectivity index (χ3v) is 8.13. The molecule has 1 saturated heterocycles. The van der Waals surface area contributed by atoms with Crippen LogP contribution in [0, 0.1) is 5.92 Å². The number of carbonyl (C=O) groups is 3. The van der Waals surface area contributed by atoms with Crippen molar-refractivity contribution in [2.45, 2.75) is 15.2 Å². The van der Waals surface area contributed by atoms with Gasteiger partial charge in [0.2, 0.25) is 5.91 Å². The molecule has 7 nitrogen and oxygen atoms in total. The van der Waals surface area contributed by atoms with E-state index in [0.29, 0.717) is 22.0 Å². The van der Waals surface area contributed by atoms with Gasteiger partial charge in [-0.2, -0.15) is 0 Å². The van der Waals surface area contributed by atoms with Gasteiger partial charge in [-0.05, 0) is 37.4 Å². The first-order valence-electron chi connectivity index (χ1n) is 9.36. The van der Waals surface area contributed by atoms with Crippen LogP contribution in [0.2, 0.25) is 5.02 Å². The number of nitrogens with one attached hydrogen (secondary N) is 2. The minimum absolute atomic E-state index is 0.175. The number of hydrogen-bond acceptors (Lipinski definition) is 6. The summed E-state index contributed by atoms with van der Waals surface area (Å²) in [6, 6.07) is 12.4. The molecular formula is C21H18ClN3O4S. The predicted octanol–water partition coefficient (Wildman–Crippen LogP) is 2.71. The van der Waals surface area contributed by atoms with Gasteiger partial charge in [0.25, 0.3) is 5.91 Å². The molecule has 3 aliphatic rings. The van der Waals surface area contributed by atoms with Crippen molar-refractivity contribution in [1.29, 1.82) is 0 Å². The van der Waals surface area contributed by atoms with E-state index in [9.17, 15) is 14.4 Å². The first-order chi connectivity index (χ1) is 14.4. The van der Waals surface area contributed by atoms with E-state index in [1.54, 1.807) is 36.2 Å². The lowest BCUT2D eigenvalue weighted by molar-refractivity contribution is -0.148. The molecule has 0 bridgehead atoms. The van der Waals surface area contributed by atoms with Crippen molar-refractivity contribution >= 4 is 52.5 Å². The number of amides is 2. The maximum atomic E-state index is 13.8. The van der Waals surface area contributed by atoms with Gasteiger partial charge in [0, 0.05) is 27.7 Å². The van der Waals surface area contributed by atoms with Crippen molar-refractivity contribution in [3.63, 3.8) is 0 Å². The predicted molar refractivity (Wildman–Crippen MR) is 114 cm³/mol. The Bertz CT molecular complexity index is 1130. The Kier molecular flexibility index (Phi) is 4.19. The number of para-hydroxylation sites is 1. The number of likely N-dealkylation sites (tertiary alicyclic amines) is 1. The third kappa shape index (κ3) is 2.18. The monoisotopic (exact) mass is 443 g/mol. The fraction of sp³-hybridized carbons (Fsp3) is 0.286. The van der Waals surface area contributed by atoms with E-state index in [2.05, 4.69) is 10.6 Å². The number of carbonyl (C=O) groups excluding carboxylic acids is 3. The molecule has 2 aromatic rings. The molecule has 3 heterocycles. The first-order valence-corrected chi connectivity index (χ1v) is 10.6. The number of methoxy groups -OCH3 is 1. The summed E-state index contributed by atoms with van der Waals surface area (Å²) in [7, 11) is 3.04. The molecule has 1 fully saturated rings. The van der Waals surface area contributed by atoms with Gasteiger partial charge in [0.15, 0.2) is 5.54 Å². The van der Waals surface area contributed by atoms with Crippen LogP contribution >= 0.6 is 23.4 Å². The zero-order chi connectivity index (χ0) is 21.3. The zero-order valence-electron chi connectivity index (χ0n) is 16.2. The number of halogens is 1. The molecule has 9 heteroatoms. The van der Waals surface area contributed by atoms with Crippen LogP contribution in [0.25, 0.3) is 0 Å². The van der Waals surface area contributed by atoms with Crippen molar-refractivity contribution in [1.82, 2.24) is 4.90 Å². The Hall–Kier alpha value is -2.55. The Morgan fingerprint density at radius 1 is 1.17 bits per heavy atom. The van der Waals surface area contributed by atoms with E-state index in [1.807, 2.05) is 18.2 Å². The van der Waals surface area contributed by atoms with Crippen molar-refractivity contribution in [2.75, 3.05) is 31.3 Å². The number of ether oxygens (including phenoxy) is 1. The number of thioether (sulfide) groups is 1. The van der Waals surface area contributed by atoms with E-state index < -0.39 is 28.1 Å². The van der Waals surface area contributed by atoms with Crippen LogP contribution in [0.4, 0.5) is 11.4 Å². The normalized spacial score (nSPS) is 29.5. The molecule has 30 heavy (non-hydrogen) atoms. The molecule has 0 aliphatic carbocycles. The number of hydrogen-bond donors (Lipinski definition) is 2. The SMILES string of the molecule is COC(=O)[C@@H]1CN(C)[C@]2(C(=O)Nc3ccc(Cl)cc32)[C@]12Sc1ccccc1NC2=O. The molecule has 154 valence electrons. The number of nitrogens with zero attached hydrogens (tertiary/aromatic N) is 1. The maximum Gasteiger partial charge on any atom is 0.312 e. The highest BCUT2D eigenvalue weighted by molar-refractivity contribution is 8.02. The second kappa shape index (κ2) is 6.47. The van der Waals surface area contributed by atoms with E-state index in [4.69, 9.17) is 16.3 Å². The van der Waals surface area contributed by atoms with Crippen LogP contribution in [0.3, 0.4) is 0 Å². The summed E-state index contributed by atoms with van der Waals surface area (Å²) < 4.78 is 3.60. The lowest BCUT2D eigenvalue weighted by Gasteiger charge is -2.46. The summed E-state index contributed by atoms with van der Waals surface area (Å²) in [5, 5.41) is 6.27. The van der Waals surface area contributed by atoms with E-state index in [1.165, 1.54) is 18.9 Å². The quantitative estimate of drug-likeness (QED) is 0.659. The van der Waals surface area contributed by atoms with Gasteiger partial charge in [0.05, 0.1) is 18.7 Å². The molecule has 2 amide bonds. The molecule has 2 aromatic carbocycles. The Morgan fingerprint density at radius 3 is 2.67 bits per heavy atom. The van der Waals surface area contributed by atoms with E-state index in [0.717, 1.165) is 4.90 Å². The van der Waals surface area contributed by atoms with Crippen LogP contribution in [0.1, 0.15) is 5.56 Å². The largest absolute Gasteiger partial charge is 0.469 e. The maximum absolute atomic E-state index is 13.8. The first kappa shape index (κ1) is 19.4. The highest BCUT2D eigenvalue weighted by Gasteiger charge is 2.77. The van der Waals surface area contributed by atoms with Gasteiger partial charge in [-0.25, -0.2) is 0 Å². The molecule has 0 unspecified atom stereocenters. The van der Waals surface area contributed by atoms with Crippen LogP contribution < -0.4 is 10.6 Å². The Balaban J connectivity index is 1.84. The molecule has 0 saturated carbocycles. The molecule has 3 aliphatic heterocycles. The number of rotatable bonds is 1. The van der Waals surface area contributed by atoms with Crippen LogP contribution in [0.15, 0.2) is 47.4 Å². The molecule has 5 rings (SSSR count). The van der Waals surface area contributed by atoms with Gasteiger partial charge >= 0.3 is 5.97 Å². The summed E-state index contributed by atoms with van der Waals surface area (Å²) in [4.78, 5) is 42.9. The fourth-order valence-electron chi connectivity index (χ4n) is 5.03. The minimum Gasteiger partial charge on any atom is -0.469 e. The lowest BCUT2D eigenvalue weighted by atomic mass is 9.73. The summed E-state index contributed by atoms with van der Waals surface area (Å²) in [5.74, 6) is -2.19. The molecule has 0 radical (unpaired) electrons. The summed E-state index contributed by atoms with van der Waals surface area (Å²) in [6.07, 6.45) is 0. The Morgan fingerprint density at radius 2 is 1.90 bits per heavy atom. The van der Waals surface area contributed by atoms with Crippen LogP contribution in [-0.2, 0) is 24.7 Å². The lowest BCUT2D eigenvalue weighted by Crippen LogP contribution is -2.65. The average Bonchev–Trinajstić information content (AvgIpc) is 3.17. The number of esters is 1. The Labute approximate surface area is 182 Å². The van der Waals surface area contributed by atoms with Crippen LogP contribution in [-0.4, -0.2) is 48.1 Å². The molecular weight excluding hydrogens is 426 g/mol. The van der Waals surface area contributed by atoms with Gasteiger partial charge in [0.1, 0.15) is 4.75 Å². The van der Waals surface area contributed by atoms with Gasteiger partial charge < -0.3 is 15.4 Å². The highest BCUT2D eigenvalue weighted by Crippen LogP contribution is 2.64. The van der Waals surface area contributed by atoms with Gasteiger partial charge in [-0.1, -0.05) is 23.7 Å². The third-order valence-electron chi connectivity index (χ3n) is 6.23. The molecule has 3 atom stereocenters. The van der Waals surface area contributed by atoms with E-state index in [-0.39, 0.29) is 12.5 Å². The van der Waals surface area contributed by atoms with Gasteiger partial charge in [-0.15, -0.1) is 11.8 Å². The topological polar surface area (TPSA) is 87.7 Å². The average molecular weight is 444 g/mol. The molecule has 0 aromatic heterocycles. The van der Waals surface area contributed by atoms with Crippen molar-refractivity contribution in [2.24, 2.45) is 5.92 Å². The highest BCUT2D eigenvalue weighted by atomic mass is 35.5. The minimum atomic E-state index is -1.48. The molecule has 2 N–H and O–H groups in total. The van der Waals surface area contributed by atoms with Crippen molar-refractivity contribution in [3.8, 4) is 0 Å². The van der Waals surface area contributed by atoms with E-state index >= 15 is 0 Å². The summed E-state index contributed by atoms with van der Waals surface area (Å²) >= 11 is 7.54. The summed E-state index contributed by atoms with van der Waals surface area (Å²) in [5.41, 5.74) is 0.370. The molecule has 2 spiro atoms. The second-order valence-electron chi connectivity index (χ2n) is 7.60. The smallest absolute Gasteiger partial charge is 0.312 e. The number of anilines is 2. The fourth-order valence-corrected chi connectivity index (χ4v) is 6.88. The number of fused-ring (bicyclic) bond motifs is 4. The van der Waals surface area contributed by atoms with Crippen molar-refractivity contribution in [3.05, 3.63) is 53.1 Å². The zero-order valence-corrected chi connectivity index (χ0v) is 17.8. The number of benzene rings is 2.